The number of pyridine rings is 1. The summed E-state index contributed by atoms with van der Waals surface area (Å²) in [4.78, 5) is 22.7. The Balaban J connectivity index is 2.54. The van der Waals surface area contributed by atoms with Gasteiger partial charge in [-0.2, -0.15) is 0 Å². The minimum atomic E-state index is -0.153. The van der Waals surface area contributed by atoms with Gasteiger partial charge in [0, 0.05) is 12.2 Å². The molecule has 3 heteroatoms. The second kappa shape index (κ2) is 2.83. The van der Waals surface area contributed by atoms with Crippen LogP contribution < -0.4 is 5.56 Å². The molecule has 0 amide bonds. The number of carbonyl (C=O) groups is 1. The molecule has 13 heavy (non-hydrogen) atoms. The van der Waals surface area contributed by atoms with Gasteiger partial charge in [0.15, 0.2) is 5.78 Å². The van der Waals surface area contributed by atoms with Crippen molar-refractivity contribution >= 4 is 5.78 Å². The molecular weight excluding hydrogens is 166 g/mol. The molecule has 0 atom stereocenters. The minimum Gasteiger partial charge on any atom is -0.312 e. The fraction of sp³-hybridized carbons (Fsp3) is 0.400. The molecule has 1 fully saturated rings. The topological polar surface area (TPSA) is 39.1 Å². The van der Waals surface area contributed by atoms with Crippen molar-refractivity contribution in [3.63, 3.8) is 0 Å². The van der Waals surface area contributed by atoms with E-state index in [4.69, 9.17) is 0 Å². The van der Waals surface area contributed by atoms with Crippen molar-refractivity contribution in [3.8, 4) is 0 Å². The first-order valence-electron chi connectivity index (χ1n) is 4.42. The lowest BCUT2D eigenvalue weighted by Crippen LogP contribution is -2.23. The molecule has 0 spiro atoms. The smallest absolute Gasteiger partial charge is 0.261 e. The lowest BCUT2D eigenvalue weighted by atomic mass is 10.2. The quantitative estimate of drug-likeness (QED) is 0.640. The van der Waals surface area contributed by atoms with E-state index in [0.29, 0.717) is 11.6 Å². The van der Waals surface area contributed by atoms with Crippen molar-refractivity contribution in [2.24, 2.45) is 0 Å². The van der Waals surface area contributed by atoms with Crippen molar-refractivity contribution in [1.29, 1.82) is 0 Å². The zero-order valence-corrected chi connectivity index (χ0v) is 7.49. The Labute approximate surface area is 76.0 Å². The van der Waals surface area contributed by atoms with E-state index in [1.807, 2.05) is 0 Å². The first-order chi connectivity index (χ1) is 6.20. The van der Waals surface area contributed by atoms with E-state index in [-0.39, 0.29) is 11.3 Å². The fourth-order valence-corrected chi connectivity index (χ4v) is 1.42. The summed E-state index contributed by atoms with van der Waals surface area (Å²) in [7, 11) is 0. The third-order valence-electron chi connectivity index (χ3n) is 2.29. The number of hydrogen-bond acceptors (Lipinski definition) is 2. The van der Waals surface area contributed by atoms with Crippen LogP contribution in [0.25, 0.3) is 0 Å². The summed E-state index contributed by atoms with van der Waals surface area (Å²) in [6, 6.07) is 3.69. The van der Waals surface area contributed by atoms with Crippen molar-refractivity contribution in [1.82, 2.24) is 4.57 Å². The van der Waals surface area contributed by atoms with Crippen LogP contribution in [0.3, 0.4) is 0 Å². The highest BCUT2D eigenvalue weighted by Crippen LogP contribution is 2.33. The van der Waals surface area contributed by atoms with Crippen LogP contribution in [0.5, 0.6) is 0 Å². The molecule has 0 bridgehead atoms. The fourth-order valence-electron chi connectivity index (χ4n) is 1.42. The SMILES string of the molecule is CC(=O)c1cccn(C2CC2)c1=O. The number of carbonyl (C=O) groups excluding carboxylic acids is 1. The summed E-state index contributed by atoms with van der Waals surface area (Å²) in [5.74, 6) is -0.153. The van der Waals surface area contributed by atoms with E-state index >= 15 is 0 Å². The summed E-state index contributed by atoms with van der Waals surface area (Å²) in [6.07, 6.45) is 3.87. The number of hydrogen-bond donors (Lipinski definition) is 0. The normalized spacial score (nSPS) is 15.8. The molecule has 0 N–H and O–H groups in total. The summed E-state index contributed by atoms with van der Waals surface area (Å²) < 4.78 is 1.66. The molecule has 2 rings (SSSR count). The van der Waals surface area contributed by atoms with Gasteiger partial charge in [0.25, 0.3) is 5.56 Å². The van der Waals surface area contributed by atoms with Crippen LogP contribution in [-0.4, -0.2) is 10.4 Å². The number of aromatic nitrogens is 1. The predicted molar refractivity (Wildman–Crippen MR) is 49.0 cm³/mol. The lowest BCUT2D eigenvalue weighted by Gasteiger charge is -2.03. The molecule has 1 aliphatic rings. The van der Waals surface area contributed by atoms with E-state index in [0.717, 1.165) is 12.8 Å². The van der Waals surface area contributed by atoms with Crippen LogP contribution >= 0.6 is 0 Å². The van der Waals surface area contributed by atoms with Crippen LogP contribution in [0.15, 0.2) is 23.1 Å². The number of rotatable bonds is 2. The standard InChI is InChI=1S/C10H11NO2/c1-7(12)9-3-2-6-11(10(9)13)8-4-5-8/h2-3,6,8H,4-5H2,1H3. The van der Waals surface area contributed by atoms with E-state index in [9.17, 15) is 9.59 Å². The number of ketones is 1. The van der Waals surface area contributed by atoms with E-state index in [1.165, 1.54) is 6.92 Å². The molecule has 1 aromatic rings. The highest BCUT2D eigenvalue weighted by atomic mass is 16.1. The average molecular weight is 177 g/mol. The lowest BCUT2D eigenvalue weighted by molar-refractivity contribution is 0.101. The van der Waals surface area contributed by atoms with Crippen LogP contribution in [0.4, 0.5) is 0 Å². The van der Waals surface area contributed by atoms with Gasteiger partial charge in [-0.25, -0.2) is 0 Å². The predicted octanol–water partition coefficient (Wildman–Crippen LogP) is 1.39. The van der Waals surface area contributed by atoms with Crippen LogP contribution in [-0.2, 0) is 0 Å². The van der Waals surface area contributed by atoms with Gasteiger partial charge in [-0.1, -0.05) is 0 Å². The molecule has 68 valence electrons. The molecule has 0 radical (unpaired) electrons. The molecule has 3 nitrogen and oxygen atoms in total. The Morgan fingerprint density at radius 1 is 1.54 bits per heavy atom. The van der Waals surface area contributed by atoms with Gasteiger partial charge in [-0.15, -0.1) is 0 Å². The Hall–Kier alpha value is -1.38. The Morgan fingerprint density at radius 2 is 2.23 bits per heavy atom. The van der Waals surface area contributed by atoms with Gasteiger partial charge in [0.1, 0.15) is 0 Å². The summed E-state index contributed by atoms with van der Waals surface area (Å²) in [6.45, 7) is 1.42. The first kappa shape index (κ1) is 8.23. The maximum atomic E-state index is 11.6. The Morgan fingerprint density at radius 3 is 2.77 bits per heavy atom. The van der Waals surface area contributed by atoms with E-state index < -0.39 is 0 Å². The molecule has 1 heterocycles. The summed E-state index contributed by atoms with van der Waals surface area (Å²) >= 11 is 0. The van der Waals surface area contributed by atoms with Crippen molar-refractivity contribution in [3.05, 3.63) is 34.2 Å². The summed E-state index contributed by atoms with van der Waals surface area (Å²) in [5, 5.41) is 0. The van der Waals surface area contributed by atoms with Crippen LogP contribution in [0.2, 0.25) is 0 Å². The number of Topliss-reactive ketones (excluding diaryl/α,β-unsaturated/α-hetero) is 1. The summed E-state index contributed by atoms with van der Waals surface area (Å²) in [5.41, 5.74) is 0.159. The number of nitrogens with zero attached hydrogens (tertiary/aromatic N) is 1. The zero-order valence-electron chi connectivity index (χ0n) is 7.49. The maximum Gasteiger partial charge on any atom is 0.261 e. The molecule has 1 aromatic heterocycles. The molecule has 1 saturated carbocycles. The van der Waals surface area contributed by atoms with Crippen LogP contribution in [0.1, 0.15) is 36.2 Å². The highest BCUT2D eigenvalue weighted by Gasteiger charge is 2.25. The molecule has 0 aromatic carbocycles. The third kappa shape index (κ3) is 1.41. The maximum absolute atomic E-state index is 11.6. The monoisotopic (exact) mass is 177 g/mol. The Bertz CT molecular complexity index is 402. The van der Waals surface area contributed by atoms with Crippen molar-refractivity contribution in [2.45, 2.75) is 25.8 Å². The van der Waals surface area contributed by atoms with E-state index in [1.54, 1.807) is 22.9 Å². The highest BCUT2D eigenvalue weighted by molar-refractivity contribution is 5.93. The first-order valence-corrected chi connectivity index (χ1v) is 4.42. The van der Waals surface area contributed by atoms with Gasteiger partial charge < -0.3 is 4.57 Å². The Kier molecular flexibility index (Phi) is 1.79. The molecule has 1 aliphatic carbocycles. The third-order valence-corrected chi connectivity index (χ3v) is 2.29. The second-order valence-corrected chi connectivity index (χ2v) is 3.42. The van der Waals surface area contributed by atoms with Gasteiger partial charge in [0.05, 0.1) is 5.56 Å². The van der Waals surface area contributed by atoms with Crippen molar-refractivity contribution < 1.29 is 4.79 Å². The van der Waals surface area contributed by atoms with Gasteiger partial charge in [-0.3, -0.25) is 9.59 Å². The largest absolute Gasteiger partial charge is 0.312 e. The van der Waals surface area contributed by atoms with Gasteiger partial charge >= 0.3 is 0 Å². The van der Waals surface area contributed by atoms with Crippen molar-refractivity contribution in [2.75, 3.05) is 0 Å². The molecule has 0 unspecified atom stereocenters. The van der Waals surface area contributed by atoms with Gasteiger partial charge in [-0.05, 0) is 31.9 Å². The average Bonchev–Trinajstić information content (AvgIpc) is 2.87. The molecule has 0 aliphatic heterocycles. The zero-order chi connectivity index (χ0) is 9.42. The van der Waals surface area contributed by atoms with Gasteiger partial charge in [0.2, 0.25) is 0 Å². The minimum absolute atomic E-state index is 0.141. The molecular formula is C10H11NO2. The van der Waals surface area contributed by atoms with Crippen LogP contribution in [0, 0.1) is 0 Å². The second-order valence-electron chi connectivity index (χ2n) is 3.42. The molecule has 0 saturated heterocycles. The van der Waals surface area contributed by atoms with E-state index in [2.05, 4.69) is 0 Å².